The van der Waals surface area contributed by atoms with E-state index in [0.29, 0.717) is 17.3 Å². The minimum Gasteiger partial charge on any atom is -0.419 e. The van der Waals surface area contributed by atoms with E-state index in [-0.39, 0.29) is 11.4 Å². The maximum atomic E-state index is 14.5. The number of cyclic esters (lactones) is 2. The molecule has 1 aromatic rings. The third-order valence-corrected chi connectivity index (χ3v) is 4.57. The quantitative estimate of drug-likeness (QED) is 0.506. The molecule has 2 heterocycles. The maximum absolute atomic E-state index is 14.5. The summed E-state index contributed by atoms with van der Waals surface area (Å²) < 4.78 is 24.5. The molecule has 2 aliphatic rings. The van der Waals surface area contributed by atoms with Gasteiger partial charge in [0.25, 0.3) is 5.79 Å². The molecule has 0 radical (unpaired) electrons. The van der Waals surface area contributed by atoms with Crippen LogP contribution >= 0.6 is 0 Å². The minimum absolute atomic E-state index is 0.265. The highest BCUT2D eigenvalue weighted by Gasteiger charge is 2.38. The van der Waals surface area contributed by atoms with Crippen LogP contribution in [0.5, 0.6) is 0 Å². The average molecular weight is 362 g/mol. The molecule has 1 N–H and O–H groups in total. The molecule has 2 saturated heterocycles. The average Bonchev–Trinajstić information content (AvgIpc) is 2.54. The smallest absolute Gasteiger partial charge is 0.350 e. The zero-order chi connectivity index (χ0) is 18.9. The van der Waals surface area contributed by atoms with Crippen molar-refractivity contribution in [2.45, 2.75) is 39.4 Å². The van der Waals surface area contributed by atoms with Crippen LogP contribution in [0, 0.1) is 11.7 Å². The van der Waals surface area contributed by atoms with Crippen molar-refractivity contribution < 1.29 is 23.5 Å². The van der Waals surface area contributed by atoms with Gasteiger partial charge in [0, 0.05) is 38.8 Å². The number of hydrogen-bond acceptors (Lipinski definition) is 6. The SMILES string of the molecule is CC1CCN(c2ccc(NC=C3C(=O)OC(C)(C)OC3=O)cc2F)CC1. The van der Waals surface area contributed by atoms with Gasteiger partial charge in [0.15, 0.2) is 5.57 Å². The van der Waals surface area contributed by atoms with E-state index in [1.807, 2.05) is 4.90 Å². The summed E-state index contributed by atoms with van der Waals surface area (Å²) in [4.78, 5) is 25.8. The van der Waals surface area contributed by atoms with Gasteiger partial charge in [-0.3, -0.25) is 0 Å². The Labute approximate surface area is 151 Å². The van der Waals surface area contributed by atoms with Crippen LogP contribution in [0.4, 0.5) is 15.8 Å². The molecule has 2 fully saturated rings. The number of halogens is 1. The Morgan fingerprint density at radius 3 is 2.38 bits per heavy atom. The van der Waals surface area contributed by atoms with Crippen LogP contribution in [0.3, 0.4) is 0 Å². The van der Waals surface area contributed by atoms with Crippen molar-refractivity contribution in [1.29, 1.82) is 0 Å². The lowest BCUT2D eigenvalue weighted by Gasteiger charge is -2.32. The summed E-state index contributed by atoms with van der Waals surface area (Å²) in [7, 11) is 0. The second-order valence-corrected chi connectivity index (χ2v) is 7.22. The highest BCUT2D eigenvalue weighted by Crippen LogP contribution is 2.28. The number of carbonyl (C=O) groups excluding carboxylic acids is 2. The van der Waals surface area contributed by atoms with Gasteiger partial charge in [-0.05, 0) is 37.0 Å². The molecule has 2 aliphatic heterocycles. The number of esters is 2. The van der Waals surface area contributed by atoms with Crippen LogP contribution in [-0.4, -0.2) is 30.8 Å². The number of ether oxygens (including phenoxy) is 2. The van der Waals surface area contributed by atoms with E-state index in [2.05, 4.69) is 12.2 Å². The first-order valence-corrected chi connectivity index (χ1v) is 8.73. The molecule has 0 amide bonds. The third kappa shape index (κ3) is 3.98. The maximum Gasteiger partial charge on any atom is 0.350 e. The summed E-state index contributed by atoms with van der Waals surface area (Å²) >= 11 is 0. The number of rotatable bonds is 3. The second-order valence-electron chi connectivity index (χ2n) is 7.22. The van der Waals surface area contributed by atoms with Crippen molar-refractivity contribution in [2.24, 2.45) is 5.92 Å². The zero-order valence-electron chi connectivity index (χ0n) is 15.2. The monoisotopic (exact) mass is 362 g/mol. The lowest BCUT2D eigenvalue weighted by molar-refractivity contribution is -0.222. The van der Waals surface area contributed by atoms with E-state index in [1.165, 1.54) is 26.1 Å². The first kappa shape index (κ1) is 18.2. The fraction of sp³-hybridized carbons (Fsp3) is 0.474. The van der Waals surface area contributed by atoms with Crippen LogP contribution in [-0.2, 0) is 19.1 Å². The van der Waals surface area contributed by atoms with Crippen molar-refractivity contribution in [3.05, 3.63) is 35.8 Å². The van der Waals surface area contributed by atoms with Gasteiger partial charge in [-0.1, -0.05) is 6.92 Å². The summed E-state index contributed by atoms with van der Waals surface area (Å²) in [6.07, 6.45) is 3.27. The number of anilines is 2. The Bertz CT molecular complexity index is 730. The van der Waals surface area contributed by atoms with Gasteiger partial charge < -0.3 is 19.7 Å². The first-order valence-electron chi connectivity index (χ1n) is 8.73. The predicted molar refractivity (Wildman–Crippen MR) is 95.0 cm³/mol. The molecule has 0 atom stereocenters. The standard InChI is InChI=1S/C19H23FN2O4/c1-12-6-8-22(9-7-12)16-5-4-13(10-15(16)20)21-11-14-17(23)25-19(2,3)26-18(14)24/h4-5,10-12,21H,6-9H2,1-3H3. The Hall–Kier alpha value is -2.57. The van der Waals surface area contributed by atoms with Crippen molar-refractivity contribution >= 4 is 23.3 Å². The minimum atomic E-state index is -1.29. The van der Waals surface area contributed by atoms with Gasteiger partial charge in [-0.2, -0.15) is 0 Å². The van der Waals surface area contributed by atoms with E-state index >= 15 is 0 Å². The number of hydrogen-bond donors (Lipinski definition) is 1. The number of piperidine rings is 1. The van der Waals surface area contributed by atoms with Crippen molar-refractivity contribution in [1.82, 2.24) is 0 Å². The van der Waals surface area contributed by atoms with Crippen LogP contribution in [0.15, 0.2) is 30.0 Å². The summed E-state index contributed by atoms with van der Waals surface area (Å²) in [5.74, 6) is -2.53. The van der Waals surface area contributed by atoms with Gasteiger partial charge in [0.2, 0.25) is 0 Å². The second kappa shape index (κ2) is 6.97. The largest absolute Gasteiger partial charge is 0.419 e. The van der Waals surface area contributed by atoms with Gasteiger partial charge in [0.1, 0.15) is 5.82 Å². The Kier molecular flexibility index (Phi) is 4.89. The molecule has 26 heavy (non-hydrogen) atoms. The van der Waals surface area contributed by atoms with Gasteiger partial charge >= 0.3 is 11.9 Å². The summed E-state index contributed by atoms with van der Waals surface area (Å²) in [5.41, 5.74) is 0.724. The predicted octanol–water partition coefficient (Wildman–Crippen LogP) is 3.19. The van der Waals surface area contributed by atoms with Crippen LogP contribution in [0.2, 0.25) is 0 Å². The molecule has 0 aromatic heterocycles. The third-order valence-electron chi connectivity index (χ3n) is 4.57. The molecule has 0 saturated carbocycles. The van der Waals surface area contributed by atoms with Crippen molar-refractivity contribution in [3.8, 4) is 0 Å². The van der Waals surface area contributed by atoms with Crippen LogP contribution in [0.1, 0.15) is 33.6 Å². The van der Waals surface area contributed by atoms with E-state index < -0.39 is 17.7 Å². The lowest BCUT2D eigenvalue weighted by Crippen LogP contribution is -2.42. The van der Waals surface area contributed by atoms with E-state index in [1.54, 1.807) is 12.1 Å². The molecule has 6 nitrogen and oxygen atoms in total. The summed E-state index contributed by atoms with van der Waals surface area (Å²) in [5, 5.41) is 2.76. The Morgan fingerprint density at radius 1 is 1.19 bits per heavy atom. The molecule has 3 rings (SSSR count). The number of nitrogens with zero attached hydrogens (tertiary/aromatic N) is 1. The van der Waals surface area contributed by atoms with Gasteiger partial charge in [0.05, 0.1) is 5.69 Å². The highest BCUT2D eigenvalue weighted by atomic mass is 19.1. The molecule has 1 aromatic carbocycles. The van der Waals surface area contributed by atoms with Crippen LogP contribution < -0.4 is 10.2 Å². The topological polar surface area (TPSA) is 67.9 Å². The number of nitrogens with one attached hydrogen (secondary N) is 1. The summed E-state index contributed by atoms with van der Waals surface area (Å²) in [6.45, 7) is 6.83. The number of benzene rings is 1. The van der Waals surface area contributed by atoms with Crippen molar-refractivity contribution in [2.75, 3.05) is 23.3 Å². The van der Waals surface area contributed by atoms with E-state index in [4.69, 9.17) is 9.47 Å². The lowest BCUT2D eigenvalue weighted by atomic mass is 9.99. The molecule has 7 heteroatoms. The van der Waals surface area contributed by atoms with Crippen molar-refractivity contribution in [3.63, 3.8) is 0 Å². The zero-order valence-corrected chi connectivity index (χ0v) is 15.2. The summed E-state index contributed by atoms with van der Waals surface area (Å²) in [6, 6.07) is 4.75. The Balaban J connectivity index is 1.70. The molecular formula is C19H23FN2O4. The number of carbonyl (C=O) groups is 2. The molecule has 0 aliphatic carbocycles. The molecule has 140 valence electrons. The molecule has 0 unspecified atom stereocenters. The molecular weight excluding hydrogens is 339 g/mol. The fourth-order valence-corrected chi connectivity index (χ4v) is 3.04. The fourth-order valence-electron chi connectivity index (χ4n) is 3.04. The van der Waals surface area contributed by atoms with Gasteiger partial charge in [-0.25, -0.2) is 14.0 Å². The highest BCUT2D eigenvalue weighted by molar-refractivity contribution is 6.15. The van der Waals surface area contributed by atoms with Gasteiger partial charge in [-0.15, -0.1) is 0 Å². The van der Waals surface area contributed by atoms with Crippen LogP contribution in [0.25, 0.3) is 0 Å². The molecule has 0 bridgehead atoms. The van der Waals surface area contributed by atoms with E-state index in [0.717, 1.165) is 25.9 Å². The molecule has 0 spiro atoms. The van der Waals surface area contributed by atoms with E-state index in [9.17, 15) is 14.0 Å². The first-order chi connectivity index (χ1) is 12.2. The Morgan fingerprint density at radius 2 is 1.81 bits per heavy atom. The normalized spacial score (nSPS) is 20.5.